The van der Waals surface area contributed by atoms with E-state index in [1.54, 1.807) is 37.6 Å². The molecule has 0 saturated heterocycles. The zero-order valence-corrected chi connectivity index (χ0v) is 16.1. The topological polar surface area (TPSA) is 50.3 Å². The van der Waals surface area contributed by atoms with Crippen molar-refractivity contribution in [2.24, 2.45) is 0 Å². The van der Waals surface area contributed by atoms with Crippen molar-refractivity contribution in [1.29, 1.82) is 0 Å². The molecule has 5 rings (SSSR count). The summed E-state index contributed by atoms with van der Waals surface area (Å²) in [6.45, 7) is 0. The summed E-state index contributed by atoms with van der Waals surface area (Å²) in [4.78, 5) is 4.41. The molecule has 0 spiro atoms. The molecule has 0 bridgehead atoms. The van der Waals surface area contributed by atoms with Crippen LogP contribution in [0.25, 0.3) is 21.9 Å². The molecule has 0 aliphatic heterocycles. The Bertz CT molecular complexity index is 1260. The first-order valence-corrected chi connectivity index (χ1v) is 10.5. The van der Waals surface area contributed by atoms with Crippen molar-refractivity contribution in [1.82, 2.24) is 9.29 Å². The van der Waals surface area contributed by atoms with Crippen molar-refractivity contribution in [2.45, 2.75) is 10.9 Å². The Morgan fingerprint density at radius 3 is 2.14 bits per heavy atom. The van der Waals surface area contributed by atoms with Crippen LogP contribution >= 0.6 is 0 Å². The molecule has 5 heteroatoms. The lowest BCUT2D eigenvalue weighted by atomic mass is 10.1. The van der Waals surface area contributed by atoms with Crippen LogP contribution in [0.1, 0.15) is 17.2 Å². The number of nitrogens with zero attached hydrogens (tertiary/aromatic N) is 2. The van der Waals surface area contributed by atoms with Crippen LogP contribution in [-0.2, 0) is 10.0 Å². The van der Waals surface area contributed by atoms with Crippen molar-refractivity contribution >= 4 is 20.8 Å². The summed E-state index contributed by atoms with van der Waals surface area (Å²) in [5.74, 6) is 0. The Morgan fingerprint density at radius 2 is 1.46 bits per heavy atom. The average molecular weight is 386 g/mol. The van der Waals surface area contributed by atoms with Gasteiger partial charge in [0, 0.05) is 30.2 Å². The monoisotopic (exact) mass is 386 g/mol. The van der Waals surface area contributed by atoms with Gasteiger partial charge in [-0.05, 0) is 34.4 Å². The maximum Gasteiger partial charge on any atom is 0.244 e. The van der Waals surface area contributed by atoms with Gasteiger partial charge in [0.15, 0.2) is 0 Å². The largest absolute Gasteiger partial charge is 0.264 e. The maximum atomic E-state index is 13.7. The van der Waals surface area contributed by atoms with Crippen LogP contribution in [0.3, 0.4) is 0 Å². The number of hydrogen-bond acceptors (Lipinski definition) is 3. The van der Waals surface area contributed by atoms with Crippen LogP contribution in [0, 0.1) is 0 Å². The predicted molar refractivity (Wildman–Crippen MR) is 110 cm³/mol. The number of rotatable bonds is 3. The minimum absolute atomic E-state index is 0.303. The molecule has 0 saturated carbocycles. The Balaban J connectivity index is 1.70. The lowest BCUT2D eigenvalue weighted by Crippen LogP contribution is -2.31. The predicted octanol–water partition coefficient (Wildman–Crippen LogP) is 4.63. The summed E-state index contributed by atoms with van der Waals surface area (Å²) in [6.07, 6.45) is 3.32. The van der Waals surface area contributed by atoms with E-state index < -0.39 is 10.0 Å². The summed E-state index contributed by atoms with van der Waals surface area (Å²) < 4.78 is 28.8. The van der Waals surface area contributed by atoms with E-state index in [9.17, 15) is 8.42 Å². The molecule has 0 unspecified atom stereocenters. The van der Waals surface area contributed by atoms with Crippen molar-refractivity contribution in [3.63, 3.8) is 0 Å². The molecule has 138 valence electrons. The third-order valence-corrected chi connectivity index (χ3v) is 7.34. The van der Waals surface area contributed by atoms with E-state index in [-0.39, 0.29) is 6.04 Å². The van der Waals surface area contributed by atoms with Gasteiger partial charge in [0.05, 0.1) is 10.9 Å². The van der Waals surface area contributed by atoms with Gasteiger partial charge < -0.3 is 0 Å². The second kappa shape index (κ2) is 6.26. The number of pyridine rings is 1. The number of fused-ring (bicyclic) bond motifs is 4. The summed E-state index contributed by atoms with van der Waals surface area (Å²) in [5.41, 5.74) is 4.20. The highest BCUT2D eigenvalue weighted by Gasteiger charge is 2.37. The molecule has 0 radical (unpaired) electrons. The van der Waals surface area contributed by atoms with Crippen molar-refractivity contribution < 1.29 is 8.42 Å². The quantitative estimate of drug-likeness (QED) is 0.516. The lowest BCUT2D eigenvalue weighted by Gasteiger charge is -2.26. The molecule has 0 amide bonds. The van der Waals surface area contributed by atoms with E-state index in [4.69, 9.17) is 0 Å². The van der Waals surface area contributed by atoms with Crippen LogP contribution in [0.2, 0.25) is 0 Å². The first-order valence-electron chi connectivity index (χ1n) is 9.08. The third-order valence-electron chi connectivity index (χ3n) is 5.46. The van der Waals surface area contributed by atoms with E-state index in [0.29, 0.717) is 10.3 Å². The standard InChI is InChI=1S/C23H18N2O2S/c1-25(28(26,27)22-12-6-7-16-15-24-14-13-17(16)22)23-20-10-4-2-8-18(20)19-9-3-5-11-21(19)23/h2-15,23H,1H3. The van der Waals surface area contributed by atoms with E-state index >= 15 is 0 Å². The summed E-state index contributed by atoms with van der Waals surface area (Å²) >= 11 is 0. The third kappa shape index (κ3) is 2.40. The maximum absolute atomic E-state index is 13.7. The van der Waals surface area contributed by atoms with Crippen LogP contribution < -0.4 is 0 Å². The Labute approximate surface area is 164 Å². The first-order chi connectivity index (χ1) is 13.6. The second-order valence-electron chi connectivity index (χ2n) is 6.95. The summed E-state index contributed by atoms with van der Waals surface area (Å²) in [7, 11) is -2.06. The lowest BCUT2D eigenvalue weighted by molar-refractivity contribution is 0.424. The Morgan fingerprint density at radius 1 is 0.821 bits per heavy atom. The number of sulfonamides is 1. The SMILES string of the molecule is CN(C1c2ccccc2-c2ccccc21)S(=O)(=O)c1cccc2cnccc12. The Kier molecular flexibility index (Phi) is 3.82. The minimum Gasteiger partial charge on any atom is -0.264 e. The fourth-order valence-electron chi connectivity index (χ4n) is 4.13. The zero-order valence-electron chi connectivity index (χ0n) is 15.3. The van der Waals surface area contributed by atoms with Gasteiger partial charge in [-0.3, -0.25) is 4.98 Å². The zero-order chi connectivity index (χ0) is 19.3. The summed E-state index contributed by atoms with van der Waals surface area (Å²) in [6, 6.07) is 22.7. The first kappa shape index (κ1) is 17.1. The normalized spacial score (nSPS) is 13.6. The molecule has 1 aliphatic carbocycles. The van der Waals surface area contributed by atoms with Crippen LogP contribution in [0.4, 0.5) is 0 Å². The molecule has 4 aromatic rings. The molecule has 0 N–H and O–H groups in total. The van der Waals surface area contributed by atoms with E-state index in [1.807, 2.05) is 42.5 Å². The van der Waals surface area contributed by atoms with Gasteiger partial charge in [-0.15, -0.1) is 0 Å². The van der Waals surface area contributed by atoms with E-state index in [2.05, 4.69) is 17.1 Å². The van der Waals surface area contributed by atoms with Gasteiger partial charge in [-0.25, -0.2) is 8.42 Å². The fourth-order valence-corrected chi connectivity index (χ4v) is 5.66. The fraction of sp³-hybridized carbons (Fsp3) is 0.0870. The van der Waals surface area contributed by atoms with Crippen molar-refractivity contribution in [2.75, 3.05) is 7.05 Å². The van der Waals surface area contributed by atoms with Crippen LogP contribution in [0.5, 0.6) is 0 Å². The highest BCUT2D eigenvalue weighted by atomic mass is 32.2. The molecule has 3 aromatic carbocycles. The van der Waals surface area contributed by atoms with E-state index in [0.717, 1.165) is 27.6 Å². The molecular formula is C23H18N2O2S. The van der Waals surface area contributed by atoms with Gasteiger partial charge >= 0.3 is 0 Å². The van der Waals surface area contributed by atoms with Gasteiger partial charge in [0.1, 0.15) is 0 Å². The average Bonchev–Trinajstić information content (AvgIpc) is 3.07. The van der Waals surface area contributed by atoms with Crippen molar-refractivity contribution in [3.05, 3.63) is 96.3 Å². The molecular weight excluding hydrogens is 368 g/mol. The summed E-state index contributed by atoms with van der Waals surface area (Å²) in [5, 5.41) is 1.49. The smallest absolute Gasteiger partial charge is 0.244 e. The van der Waals surface area contributed by atoms with Gasteiger partial charge in [-0.1, -0.05) is 60.7 Å². The van der Waals surface area contributed by atoms with Gasteiger partial charge in [0.25, 0.3) is 0 Å². The van der Waals surface area contributed by atoms with Crippen LogP contribution in [-0.4, -0.2) is 24.8 Å². The number of hydrogen-bond donors (Lipinski definition) is 0. The second-order valence-corrected chi connectivity index (χ2v) is 8.92. The molecule has 4 nitrogen and oxygen atoms in total. The molecule has 1 aromatic heterocycles. The minimum atomic E-state index is -3.73. The highest BCUT2D eigenvalue weighted by Crippen LogP contribution is 2.47. The van der Waals surface area contributed by atoms with Crippen molar-refractivity contribution in [3.8, 4) is 11.1 Å². The molecule has 0 fully saturated rings. The van der Waals surface area contributed by atoms with E-state index in [1.165, 1.54) is 4.31 Å². The molecule has 0 atom stereocenters. The highest BCUT2D eigenvalue weighted by molar-refractivity contribution is 7.89. The van der Waals surface area contributed by atoms with Crippen LogP contribution in [0.15, 0.2) is 90.1 Å². The molecule has 1 aliphatic rings. The molecule has 1 heterocycles. The number of benzene rings is 3. The molecule has 28 heavy (non-hydrogen) atoms. The Hall–Kier alpha value is -3.02. The van der Waals surface area contributed by atoms with Gasteiger partial charge in [0.2, 0.25) is 10.0 Å². The number of aromatic nitrogens is 1. The van der Waals surface area contributed by atoms with Gasteiger partial charge in [-0.2, -0.15) is 4.31 Å².